The largest absolute Gasteiger partial charge is 0.315 e. The van der Waals surface area contributed by atoms with Gasteiger partial charge in [-0.15, -0.1) is 12.4 Å². The highest BCUT2D eigenvalue weighted by Gasteiger charge is 2.07. The van der Waals surface area contributed by atoms with Crippen LogP contribution in [-0.4, -0.2) is 32.0 Å². The minimum Gasteiger partial charge on any atom is -0.315 e. The van der Waals surface area contributed by atoms with Crippen molar-refractivity contribution in [2.45, 2.75) is 12.5 Å². The highest BCUT2D eigenvalue weighted by atomic mass is 35.5. The van der Waals surface area contributed by atoms with E-state index in [-0.39, 0.29) is 18.4 Å². The molecule has 1 heterocycles. The molecule has 2 N–H and O–H groups in total. The van der Waals surface area contributed by atoms with E-state index >= 15 is 0 Å². The van der Waals surface area contributed by atoms with Crippen LogP contribution in [0.1, 0.15) is 6.42 Å². The Morgan fingerprint density at radius 1 is 1.30 bits per heavy atom. The first-order valence-corrected chi connectivity index (χ1v) is 3.33. The van der Waals surface area contributed by atoms with Crippen molar-refractivity contribution in [3.05, 3.63) is 0 Å². The molecule has 1 atom stereocenters. The van der Waals surface area contributed by atoms with E-state index in [0.717, 1.165) is 32.3 Å². The van der Waals surface area contributed by atoms with Gasteiger partial charge in [0.25, 0.3) is 0 Å². The van der Waals surface area contributed by atoms with E-state index in [1.54, 1.807) is 0 Å². The normalized spacial score (nSPS) is 26.2. The lowest BCUT2D eigenvalue weighted by Crippen LogP contribution is -2.30. The smallest absolute Gasteiger partial charge is 0.136 e. The molecule has 1 unspecified atom stereocenters. The average Bonchev–Trinajstić information content (AvgIpc) is 2.13. The molecule has 1 fully saturated rings. The molecule has 0 aromatic rings. The fourth-order valence-electron chi connectivity index (χ4n) is 0.947. The summed E-state index contributed by atoms with van der Waals surface area (Å²) in [6.45, 7) is 2.84. The van der Waals surface area contributed by atoms with Crippen LogP contribution in [0.2, 0.25) is 0 Å². The Kier molecular flexibility index (Phi) is 5.58. The molecule has 0 aromatic heterocycles. The molecule has 0 saturated carbocycles. The van der Waals surface area contributed by atoms with Gasteiger partial charge in [-0.2, -0.15) is 0 Å². The van der Waals surface area contributed by atoms with Gasteiger partial charge >= 0.3 is 0 Å². The summed E-state index contributed by atoms with van der Waals surface area (Å²) in [4.78, 5) is 10.2. The van der Waals surface area contributed by atoms with Crippen molar-refractivity contribution in [1.82, 2.24) is 10.6 Å². The zero-order valence-electron chi connectivity index (χ0n) is 5.80. The Morgan fingerprint density at radius 2 is 2.10 bits per heavy atom. The molecule has 0 bridgehead atoms. The summed E-state index contributed by atoms with van der Waals surface area (Å²) in [6.07, 6.45) is 1.90. The van der Waals surface area contributed by atoms with Crippen LogP contribution in [0.3, 0.4) is 0 Å². The van der Waals surface area contributed by atoms with Crippen molar-refractivity contribution >= 4 is 18.7 Å². The molecule has 10 heavy (non-hydrogen) atoms. The molecule has 4 heteroatoms. The Morgan fingerprint density at radius 3 is 2.80 bits per heavy atom. The highest BCUT2D eigenvalue weighted by Crippen LogP contribution is 1.88. The van der Waals surface area contributed by atoms with Gasteiger partial charge in [0.1, 0.15) is 6.29 Å². The number of hydrogen-bond acceptors (Lipinski definition) is 3. The average molecular weight is 165 g/mol. The first-order valence-electron chi connectivity index (χ1n) is 3.33. The number of nitrogens with one attached hydrogen (secondary N) is 2. The van der Waals surface area contributed by atoms with E-state index in [9.17, 15) is 4.79 Å². The van der Waals surface area contributed by atoms with Crippen LogP contribution in [0.15, 0.2) is 0 Å². The van der Waals surface area contributed by atoms with Gasteiger partial charge in [-0.3, -0.25) is 0 Å². The Balaban J connectivity index is 0.000000810. The lowest BCUT2D eigenvalue weighted by atomic mass is 10.2. The molecule has 60 valence electrons. The Bertz CT molecular complexity index is 91.7. The summed E-state index contributed by atoms with van der Waals surface area (Å²) in [7, 11) is 0. The maximum absolute atomic E-state index is 10.2. The van der Waals surface area contributed by atoms with Crippen molar-refractivity contribution in [2.24, 2.45) is 0 Å². The second kappa shape index (κ2) is 5.65. The van der Waals surface area contributed by atoms with Crippen molar-refractivity contribution in [3.63, 3.8) is 0 Å². The molecule has 1 aliphatic rings. The van der Waals surface area contributed by atoms with Crippen molar-refractivity contribution in [1.29, 1.82) is 0 Å². The maximum atomic E-state index is 10.2. The fraction of sp³-hybridized carbons (Fsp3) is 0.833. The molecule has 1 aliphatic heterocycles. The van der Waals surface area contributed by atoms with Gasteiger partial charge < -0.3 is 15.4 Å². The van der Waals surface area contributed by atoms with Crippen LogP contribution in [-0.2, 0) is 4.79 Å². The minimum absolute atomic E-state index is 0. The van der Waals surface area contributed by atoms with E-state index in [2.05, 4.69) is 10.6 Å². The summed E-state index contributed by atoms with van der Waals surface area (Å²) in [5, 5.41) is 6.29. The van der Waals surface area contributed by atoms with Crippen LogP contribution in [0, 0.1) is 0 Å². The summed E-state index contributed by atoms with van der Waals surface area (Å²) in [5.41, 5.74) is 0. The van der Waals surface area contributed by atoms with Crippen LogP contribution in [0.25, 0.3) is 0 Å². The number of carbonyl (C=O) groups is 1. The second-order valence-electron chi connectivity index (χ2n) is 2.24. The third-order valence-electron chi connectivity index (χ3n) is 1.50. The van der Waals surface area contributed by atoms with E-state index < -0.39 is 0 Å². The molecule has 0 radical (unpaired) electrons. The summed E-state index contributed by atoms with van der Waals surface area (Å²) in [6, 6.07) is 0.0833. The van der Waals surface area contributed by atoms with Crippen molar-refractivity contribution < 1.29 is 4.79 Å². The Hall–Kier alpha value is -0.120. The number of halogens is 1. The number of rotatable bonds is 1. The van der Waals surface area contributed by atoms with Crippen LogP contribution < -0.4 is 10.6 Å². The quantitative estimate of drug-likeness (QED) is 0.517. The van der Waals surface area contributed by atoms with Gasteiger partial charge in [0.15, 0.2) is 0 Å². The topological polar surface area (TPSA) is 41.1 Å². The van der Waals surface area contributed by atoms with Crippen LogP contribution >= 0.6 is 12.4 Å². The molecule has 0 spiro atoms. The summed E-state index contributed by atoms with van der Waals surface area (Å²) < 4.78 is 0. The monoisotopic (exact) mass is 164 g/mol. The van der Waals surface area contributed by atoms with Crippen LogP contribution in [0.5, 0.6) is 0 Å². The van der Waals surface area contributed by atoms with E-state index in [1.807, 2.05) is 0 Å². The zero-order chi connectivity index (χ0) is 6.53. The van der Waals surface area contributed by atoms with Crippen molar-refractivity contribution in [2.75, 3.05) is 19.6 Å². The molecule has 1 saturated heterocycles. The third-order valence-corrected chi connectivity index (χ3v) is 1.50. The standard InChI is InChI=1S/C6H12N2O.ClH/c9-5-6-1-2-7-3-4-8-6;/h5-8H,1-4H2;1H. The highest BCUT2D eigenvalue weighted by molar-refractivity contribution is 5.85. The van der Waals surface area contributed by atoms with Gasteiger partial charge in [-0.1, -0.05) is 0 Å². The predicted octanol–water partition coefficient (Wildman–Crippen LogP) is -0.441. The lowest BCUT2D eigenvalue weighted by molar-refractivity contribution is -0.109. The number of aldehydes is 1. The molecule has 0 aliphatic carbocycles. The maximum Gasteiger partial charge on any atom is 0.136 e. The van der Waals surface area contributed by atoms with E-state index in [1.165, 1.54) is 0 Å². The molecule has 0 amide bonds. The molecular formula is C6H13ClN2O. The second-order valence-corrected chi connectivity index (χ2v) is 2.24. The molecule has 1 rings (SSSR count). The molecular weight excluding hydrogens is 152 g/mol. The third kappa shape index (κ3) is 3.15. The van der Waals surface area contributed by atoms with Crippen LogP contribution in [0.4, 0.5) is 0 Å². The number of hydrogen-bond donors (Lipinski definition) is 2. The minimum atomic E-state index is 0. The van der Waals surface area contributed by atoms with E-state index in [0.29, 0.717) is 0 Å². The van der Waals surface area contributed by atoms with Gasteiger partial charge in [0.05, 0.1) is 6.04 Å². The molecule has 3 nitrogen and oxygen atoms in total. The first-order chi connectivity index (χ1) is 4.43. The van der Waals surface area contributed by atoms with Gasteiger partial charge in [0, 0.05) is 13.1 Å². The van der Waals surface area contributed by atoms with Gasteiger partial charge in [-0.05, 0) is 13.0 Å². The summed E-state index contributed by atoms with van der Waals surface area (Å²) >= 11 is 0. The summed E-state index contributed by atoms with van der Waals surface area (Å²) in [5.74, 6) is 0. The fourth-order valence-corrected chi connectivity index (χ4v) is 0.947. The Labute approximate surface area is 67.0 Å². The SMILES string of the molecule is Cl.O=CC1CCNCCN1. The van der Waals surface area contributed by atoms with Gasteiger partial charge in [-0.25, -0.2) is 0 Å². The first kappa shape index (κ1) is 9.88. The predicted molar refractivity (Wildman–Crippen MR) is 42.6 cm³/mol. The van der Waals surface area contributed by atoms with Gasteiger partial charge in [0.2, 0.25) is 0 Å². The number of carbonyl (C=O) groups excluding carboxylic acids is 1. The lowest BCUT2D eigenvalue weighted by Gasteiger charge is -2.04. The van der Waals surface area contributed by atoms with E-state index in [4.69, 9.17) is 0 Å². The molecule has 0 aromatic carbocycles. The van der Waals surface area contributed by atoms with Crippen molar-refractivity contribution in [3.8, 4) is 0 Å². The zero-order valence-corrected chi connectivity index (χ0v) is 6.62.